The Morgan fingerprint density at radius 3 is 2.50 bits per heavy atom. The van der Waals surface area contributed by atoms with Gasteiger partial charge in [0.05, 0.1) is 12.3 Å². The molecule has 0 aliphatic rings. The van der Waals surface area contributed by atoms with Crippen LogP contribution in [0.2, 0.25) is 5.02 Å². The van der Waals surface area contributed by atoms with Crippen LogP contribution < -0.4 is 10.1 Å². The summed E-state index contributed by atoms with van der Waals surface area (Å²) in [6.07, 6.45) is 0.848. The summed E-state index contributed by atoms with van der Waals surface area (Å²) in [5.74, 6) is 0.472. The van der Waals surface area contributed by atoms with Crippen LogP contribution >= 0.6 is 11.6 Å². The molecule has 3 aromatic carbocycles. The zero-order chi connectivity index (χ0) is 21.5. The molecule has 1 N–H and O–H groups in total. The summed E-state index contributed by atoms with van der Waals surface area (Å²) >= 11 is 6.09. The van der Waals surface area contributed by atoms with Gasteiger partial charge in [-0.1, -0.05) is 54.1 Å². The Morgan fingerprint density at radius 1 is 0.967 bits per heavy atom. The lowest BCUT2D eigenvalue weighted by atomic mass is 10.0. The Balaban J connectivity index is 1.60. The van der Waals surface area contributed by atoms with Crippen LogP contribution in [0.3, 0.4) is 0 Å². The molecule has 0 spiro atoms. The minimum Gasteiger partial charge on any atom is -0.493 e. The molecule has 154 valence electrons. The number of carbonyl (C=O) groups is 2. The predicted octanol–water partition coefficient (Wildman–Crippen LogP) is 5.99. The SMILES string of the molecule is Cc1ccc(C)c(OCCCC(=O)Nc2ccc(Cl)cc2C(=O)c2ccccc2)c1. The highest BCUT2D eigenvalue weighted by molar-refractivity contribution is 6.31. The highest BCUT2D eigenvalue weighted by Crippen LogP contribution is 2.24. The number of aryl methyl sites for hydroxylation is 2. The second-order valence-corrected chi connectivity index (χ2v) is 7.59. The van der Waals surface area contributed by atoms with E-state index in [0.29, 0.717) is 34.9 Å². The van der Waals surface area contributed by atoms with Crippen LogP contribution in [0.4, 0.5) is 5.69 Å². The Kier molecular flexibility index (Phi) is 7.26. The van der Waals surface area contributed by atoms with Gasteiger partial charge in [-0.3, -0.25) is 9.59 Å². The lowest BCUT2D eigenvalue weighted by Crippen LogP contribution is -2.16. The molecule has 1 amide bonds. The second kappa shape index (κ2) is 10.1. The van der Waals surface area contributed by atoms with E-state index >= 15 is 0 Å². The van der Waals surface area contributed by atoms with Gasteiger partial charge in [-0.2, -0.15) is 0 Å². The summed E-state index contributed by atoms with van der Waals surface area (Å²) in [5.41, 5.74) is 3.56. The molecule has 0 aromatic heterocycles. The van der Waals surface area contributed by atoms with E-state index in [1.54, 1.807) is 42.5 Å². The number of hydrogen-bond acceptors (Lipinski definition) is 3. The number of ether oxygens (including phenoxy) is 1. The smallest absolute Gasteiger partial charge is 0.224 e. The fourth-order valence-corrected chi connectivity index (χ4v) is 3.22. The Labute approximate surface area is 181 Å². The van der Waals surface area contributed by atoms with Crippen molar-refractivity contribution >= 4 is 29.0 Å². The van der Waals surface area contributed by atoms with Gasteiger partial charge in [0.25, 0.3) is 0 Å². The summed E-state index contributed by atoms with van der Waals surface area (Å²) in [6, 6.07) is 19.8. The van der Waals surface area contributed by atoms with Crippen LogP contribution in [0.25, 0.3) is 0 Å². The van der Waals surface area contributed by atoms with E-state index in [0.717, 1.165) is 16.9 Å². The molecule has 0 aliphatic heterocycles. The first kappa shape index (κ1) is 21.6. The molecule has 0 fully saturated rings. The molecule has 3 rings (SSSR count). The minimum absolute atomic E-state index is 0.177. The summed E-state index contributed by atoms with van der Waals surface area (Å²) in [6.45, 7) is 4.45. The van der Waals surface area contributed by atoms with Crippen molar-refractivity contribution in [2.75, 3.05) is 11.9 Å². The third kappa shape index (κ3) is 5.71. The van der Waals surface area contributed by atoms with Gasteiger partial charge in [0, 0.05) is 22.6 Å². The van der Waals surface area contributed by atoms with E-state index in [1.807, 2.05) is 38.1 Å². The van der Waals surface area contributed by atoms with E-state index in [4.69, 9.17) is 16.3 Å². The number of halogens is 1. The zero-order valence-corrected chi connectivity index (χ0v) is 17.8. The van der Waals surface area contributed by atoms with Crippen LogP contribution in [-0.4, -0.2) is 18.3 Å². The topological polar surface area (TPSA) is 55.4 Å². The normalized spacial score (nSPS) is 10.5. The van der Waals surface area contributed by atoms with E-state index < -0.39 is 0 Å². The molecule has 0 heterocycles. The standard InChI is InChI=1S/C25H24ClNO3/c1-17-10-11-18(2)23(15-17)30-14-6-9-24(28)27-22-13-12-20(26)16-21(22)25(29)19-7-4-3-5-8-19/h3-5,7-8,10-13,15-16H,6,9,14H2,1-2H3,(H,27,28). The minimum atomic E-state index is -0.188. The van der Waals surface area contributed by atoms with Crippen LogP contribution in [0.5, 0.6) is 5.75 Å². The molecular weight excluding hydrogens is 398 g/mol. The van der Waals surface area contributed by atoms with E-state index in [-0.39, 0.29) is 18.1 Å². The number of nitrogens with one attached hydrogen (secondary N) is 1. The molecule has 0 saturated heterocycles. The number of rotatable bonds is 8. The first-order valence-electron chi connectivity index (χ1n) is 9.83. The van der Waals surface area contributed by atoms with Gasteiger partial charge in [0.15, 0.2) is 5.78 Å². The fraction of sp³-hybridized carbons (Fsp3) is 0.200. The molecular formula is C25H24ClNO3. The van der Waals surface area contributed by atoms with Gasteiger partial charge in [-0.05, 0) is 55.7 Å². The number of anilines is 1. The van der Waals surface area contributed by atoms with Gasteiger partial charge in [-0.25, -0.2) is 0 Å². The lowest BCUT2D eigenvalue weighted by Gasteiger charge is -2.12. The Morgan fingerprint density at radius 2 is 1.73 bits per heavy atom. The van der Waals surface area contributed by atoms with Crippen molar-refractivity contribution in [3.8, 4) is 5.75 Å². The molecule has 0 atom stereocenters. The van der Waals surface area contributed by atoms with Gasteiger partial charge in [0.2, 0.25) is 5.91 Å². The molecule has 0 saturated carbocycles. The molecule has 30 heavy (non-hydrogen) atoms. The van der Waals surface area contributed by atoms with E-state index in [2.05, 4.69) is 5.32 Å². The maximum absolute atomic E-state index is 12.8. The van der Waals surface area contributed by atoms with Crippen molar-refractivity contribution in [2.45, 2.75) is 26.7 Å². The van der Waals surface area contributed by atoms with Crippen LogP contribution in [0, 0.1) is 13.8 Å². The Hall–Kier alpha value is -3.11. The zero-order valence-electron chi connectivity index (χ0n) is 17.1. The molecule has 0 radical (unpaired) electrons. The third-order valence-electron chi connectivity index (χ3n) is 4.69. The predicted molar refractivity (Wildman–Crippen MR) is 121 cm³/mol. The average molecular weight is 422 g/mol. The monoisotopic (exact) mass is 421 g/mol. The highest BCUT2D eigenvalue weighted by atomic mass is 35.5. The van der Waals surface area contributed by atoms with Crippen molar-refractivity contribution in [2.24, 2.45) is 0 Å². The summed E-state index contributed by atoms with van der Waals surface area (Å²) in [7, 11) is 0. The number of hydrogen-bond donors (Lipinski definition) is 1. The van der Waals surface area contributed by atoms with Crippen molar-refractivity contribution < 1.29 is 14.3 Å². The van der Waals surface area contributed by atoms with Crippen molar-refractivity contribution in [1.82, 2.24) is 0 Å². The number of benzene rings is 3. The lowest BCUT2D eigenvalue weighted by molar-refractivity contribution is -0.116. The molecule has 5 heteroatoms. The molecule has 0 unspecified atom stereocenters. The van der Waals surface area contributed by atoms with E-state index in [9.17, 15) is 9.59 Å². The largest absolute Gasteiger partial charge is 0.493 e. The Bertz CT molecular complexity index is 1050. The summed E-state index contributed by atoms with van der Waals surface area (Å²) in [4.78, 5) is 25.3. The molecule has 3 aromatic rings. The van der Waals surface area contributed by atoms with Gasteiger partial charge < -0.3 is 10.1 Å². The van der Waals surface area contributed by atoms with Crippen LogP contribution in [0.15, 0.2) is 66.7 Å². The van der Waals surface area contributed by atoms with Crippen LogP contribution in [-0.2, 0) is 4.79 Å². The first-order valence-corrected chi connectivity index (χ1v) is 10.2. The molecule has 0 aliphatic carbocycles. The second-order valence-electron chi connectivity index (χ2n) is 7.15. The third-order valence-corrected chi connectivity index (χ3v) is 4.92. The number of amides is 1. The van der Waals surface area contributed by atoms with Gasteiger partial charge in [0.1, 0.15) is 5.75 Å². The number of ketones is 1. The summed E-state index contributed by atoms with van der Waals surface area (Å²) < 4.78 is 5.80. The maximum atomic E-state index is 12.8. The van der Waals surface area contributed by atoms with E-state index in [1.165, 1.54) is 0 Å². The van der Waals surface area contributed by atoms with Crippen LogP contribution in [0.1, 0.15) is 39.9 Å². The van der Waals surface area contributed by atoms with Crippen molar-refractivity contribution in [1.29, 1.82) is 0 Å². The highest BCUT2D eigenvalue weighted by Gasteiger charge is 2.16. The average Bonchev–Trinajstić information content (AvgIpc) is 2.75. The van der Waals surface area contributed by atoms with Crippen molar-refractivity contribution in [3.05, 3.63) is 94.0 Å². The first-order chi connectivity index (χ1) is 14.4. The van der Waals surface area contributed by atoms with Gasteiger partial charge in [-0.15, -0.1) is 0 Å². The van der Waals surface area contributed by atoms with Crippen molar-refractivity contribution in [3.63, 3.8) is 0 Å². The summed E-state index contributed by atoms with van der Waals surface area (Å²) in [5, 5.41) is 3.27. The number of carbonyl (C=O) groups excluding carboxylic acids is 2. The molecule has 0 bridgehead atoms. The maximum Gasteiger partial charge on any atom is 0.224 e. The molecule has 4 nitrogen and oxygen atoms in total. The fourth-order valence-electron chi connectivity index (χ4n) is 3.05. The van der Waals surface area contributed by atoms with Gasteiger partial charge >= 0.3 is 0 Å². The quantitative estimate of drug-likeness (QED) is 0.359.